The SMILES string of the molecule is COc1cc2nc3c(cc2c(CN2CCCC2)c1O)CSc1ccc(F)cc1-3. The number of rotatable bonds is 3. The Labute approximate surface area is 167 Å². The minimum absolute atomic E-state index is 0.193. The summed E-state index contributed by atoms with van der Waals surface area (Å²) in [5.74, 6) is 1.15. The lowest BCUT2D eigenvalue weighted by molar-refractivity contribution is 0.319. The van der Waals surface area contributed by atoms with Gasteiger partial charge in [0.1, 0.15) is 5.82 Å². The van der Waals surface area contributed by atoms with Crippen molar-refractivity contribution in [3.63, 3.8) is 0 Å². The van der Waals surface area contributed by atoms with E-state index in [1.165, 1.54) is 18.9 Å². The van der Waals surface area contributed by atoms with E-state index in [4.69, 9.17) is 9.72 Å². The van der Waals surface area contributed by atoms with Crippen molar-refractivity contribution in [2.24, 2.45) is 0 Å². The van der Waals surface area contributed by atoms with Crippen molar-refractivity contribution in [1.82, 2.24) is 9.88 Å². The lowest BCUT2D eigenvalue weighted by Gasteiger charge is -2.22. The Balaban J connectivity index is 1.71. The largest absolute Gasteiger partial charge is 0.504 e. The van der Waals surface area contributed by atoms with Crippen LogP contribution in [0.1, 0.15) is 24.0 Å². The molecule has 3 aromatic rings. The molecule has 0 spiro atoms. The molecule has 1 N–H and O–H groups in total. The van der Waals surface area contributed by atoms with Gasteiger partial charge in [0.25, 0.3) is 0 Å². The van der Waals surface area contributed by atoms with E-state index in [0.29, 0.717) is 12.3 Å². The molecule has 144 valence electrons. The molecule has 3 heterocycles. The molecule has 0 atom stereocenters. The molecule has 0 aliphatic carbocycles. The Morgan fingerprint density at radius 1 is 1.21 bits per heavy atom. The van der Waals surface area contributed by atoms with E-state index in [0.717, 1.165) is 57.0 Å². The van der Waals surface area contributed by atoms with E-state index < -0.39 is 0 Å². The monoisotopic (exact) mass is 396 g/mol. The summed E-state index contributed by atoms with van der Waals surface area (Å²) in [6.45, 7) is 2.76. The van der Waals surface area contributed by atoms with Gasteiger partial charge in [-0.2, -0.15) is 0 Å². The first-order valence-electron chi connectivity index (χ1n) is 9.51. The van der Waals surface area contributed by atoms with Crippen LogP contribution in [0.15, 0.2) is 35.2 Å². The number of pyridine rings is 1. The molecular formula is C22H21FN2O2S. The lowest BCUT2D eigenvalue weighted by atomic mass is 9.99. The predicted molar refractivity (Wildman–Crippen MR) is 109 cm³/mol. The highest BCUT2D eigenvalue weighted by atomic mass is 32.2. The van der Waals surface area contributed by atoms with Crippen molar-refractivity contribution in [2.75, 3.05) is 20.2 Å². The van der Waals surface area contributed by atoms with Gasteiger partial charge in [-0.25, -0.2) is 9.37 Å². The van der Waals surface area contributed by atoms with Crippen LogP contribution in [-0.4, -0.2) is 35.2 Å². The molecular weight excluding hydrogens is 375 g/mol. The second kappa shape index (κ2) is 6.94. The third-order valence-electron chi connectivity index (χ3n) is 5.62. The van der Waals surface area contributed by atoms with Crippen molar-refractivity contribution < 1.29 is 14.2 Å². The normalized spacial score (nSPS) is 16.2. The minimum Gasteiger partial charge on any atom is -0.504 e. The zero-order valence-electron chi connectivity index (χ0n) is 15.7. The van der Waals surface area contributed by atoms with Gasteiger partial charge < -0.3 is 9.84 Å². The zero-order valence-corrected chi connectivity index (χ0v) is 16.5. The molecule has 1 aromatic heterocycles. The molecule has 1 saturated heterocycles. The Morgan fingerprint density at radius 2 is 2.04 bits per heavy atom. The Hall–Kier alpha value is -2.31. The molecule has 2 aliphatic rings. The fourth-order valence-corrected chi connectivity index (χ4v) is 5.19. The third kappa shape index (κ3) is 2.91. The van der Waals surface area contributed by atoms with Gasteiger partial charge in [-0.15, -0.1) is 11.8 Å². The maximum absolute atomic E-state index is 13.9. The molecule has 0 bridgehead atoms. The molecule has 1 fully saturated rings. The number of aromatic nitrogens is 1. The van der Waals surface area contributed by atoms with E-state index in [9.17, 15) is 9.50 Å². The summed E-state index contributed by atoms with van der Waals surface area (Å²) in [7, 11) is 1.56. The maximum atomic E-state index is 13.9. The van der Waals surface area contributed by atoms with Crippen LogP contribution in [0.3, 0.4) is 0 Å². The number of likely N-dealkylation sites (tertiary alicyclic amines) is 1. The van der Waals surface area contributed by atoms with Crippen molar-refractivity contribution in [2.45, 2.75) is 30.0 Å². The number of thioether (sulfide) groups is 1. The predicted octanol–water partition coefficient (Wildman–Crippen LogP) is 4.96. The van der Waals surface area contributed by atoms with Gasteiger partial charge >= 0.3 is 0 Å². The maximum Gasteiger partial charge on any atom is 0.163 e. The van der Waals surface area contributed by atoms with Crippen molar-refractivity contribution in [3.05, 3.63) is 47.3 Å². The molecule has 0 saturated carbocycles. The average Bonchev–Trinajstić information content (AvgIpc) is 3.22. The molecule has 5 rings (SSSR count). The summed E-state index contributed by atoms with van der Waals surface area (Å²) in [4.78, 5) is 8.29. The number of phenolic OH excluding ortho intramolecular Hbond substituents is 1. The molecule has 4 nitrogen and oxygen atoms in total. The number of phenols is 1. The molecule has 6 heteroatoms. The van der Waals surface area contributed by atoms with Crippen molar-refractivity contribution in [1.29, 1.82) is 0 Å². The third-order valence-corrected chi connectivity index (χ3v) is 6.75. The van der Waals surface area contributed by atoms with Crippen LogP contribution >= 0.6 is 11.8 Å². The standard InChI is InChI=1S/C22H21FN2O2S/c1-27-19-10-18-15(17(22(19)26)11-25-6-2-3-7-25)8-13-12-28-20-5-4-14(23)9-16(20)21(13)24-18/h4-5,8-10,26H,2-3,6-7,11-12H2,1H3. The number of halogens is 1. The number of nitrogens with zero attached hydrogens (tertiary/aromatic N) is 2. The van der Waals surface area contributed by atoms with Gasteiger partial charge in [0, 0.05) is 39.8 Å². The van der Waals surface area contributed by atoms with Gasteiger partial charge in [0.05, 0.1) is 18.3 Å². The second-order valence-corrected chi connectivity index (χ2v) is 8.40. The van der Waals surface area contributed by atoms with Gasteiger partial charge in [-0.1, -0.05) is 0 Å². The summed E-state index contributed by atoms with van der Waals surface area (Å²) < 4.78 is 19.3. The first-order chi connectivity index (χ1) is 13.6. The van der Waals surface area contributed by atoms with Crippen LogP contribution < -0.4 is 4.74 Å². The number of aromatic hydroxyl groups is 1. The molecule has 28 heavy (non-hydrogen) atoms. The first-order valence-corrected chi connectivity index (χ1v) is 10.5. The van der Waals surface area contributed by atoms with Crippen molar-refractivity contribution >= 4 is 22.7 Å². The fourth-order valence-electron chi connectivity index (χ4n) is 4.18. The first kappa shape index (κ1) is 17.8. The van der Waals surface area contributed by atoms with E-state index in [1.54, 1.807) is 31.0 Å². The van der Waals surface area contributed by atoms with Crippen LogP contribution in [0.4, 0.5) is 4.39 Å². The summed E-state index contributed by atoms with van der Waals surface area (Å²) in [6, 6.07) is 8.76. The Bertz CT molecular complexity index is 1080. The highest BCUT2D eigenvalue weighted by molar-refractivity contribution is 7.98. The average molecular weight is 396 g/mol. The topological polar surface area (TPSA) is 45.6 Å². The molecule has 0 amide bonds. The highest BCUT2D eigenvalue weighted by Gasteiger charge is 2.24. The number of fused-ring (bicyclic) bond motifs is 4. The van der Waals surface area contributed by atoms with Gasteiger partial charge in [0.15, 0.2) is 11.5 Å². The lowest BCUT2D eigenvalue weighted by Crippen LogP contribution is -2.19. The van der Waals surface area contributed by atoms with Gasteiger partial charge in [-0.3, -0.25) is 4.90 Å². The molecule has 0 radical (unpaired) electrons. The summed E-state index contributed by atoms with van der Waals surface area (Å²) >= 11 is 1.70. The smallest absolute Gasteiger partial charge is 0.163 e. The summed E-state index contributed by atoms with van der Waals surface area (Å²) in [6.07, 6.45) is 2.38. The van der Waals surface area contributed by atoms with Crippen LogP contribution in [-0.2, 0) is 12.3 Å². The molecule has 2 aliphatic heterocycles. The number of benzene rings is 2. The number of hydrogen-bond acceptors (Lipinski definition) is 5. The molecule has 2 aromatic carbocycles. The number of methoxy groups -OCH3 is 1. The van der Waals surface area contributed by atoms with E-state index in [2.05, 4.69) is 11.0 Å². The number of hydrogen-bond donors (Lipinski definition) is 1. The highest BCUT2D eigenvalue weighted by Crippen LogP contribution is 2.44. The van der Waals surface area contributed by atoms with Crippen LogP contribution in [0, 0.1) is 5.82 Å². The van der Waals surface area contributed by atoms with E-state index in [1.807, 2.05) is 6.07 Å². The van der Waals surface area contributed by atoms with Crippen LogP contribution in [0.25, 0.3) is 22.2 Å². The van der Waals surface area contributed by atoms with Gasteiger partial charge in [-0.05, 0) is 55.8 Å². The van der Waals surface area contributed by atoms with Gasteiger partial charge in [0.2, 0.25) is 0 Å². The molecule has 0 unspecified atom stereocenters. The minimum atomic E-state index is -0.257. The number of ether oxygens (including phenoxy) is 1. The van der Waals surface area contributed by atoms with Crippen molar-refractivity contribution in [3.8, 4) is 22.8 Å². The Kier molecular flexibility index (Phi) is 4.40. The van der Waals surface area contributed by atoms with Crippen LogP contribution in [0.2, 0.25) is 0 Å². The van der Waals surface area contributed by atoms with E-state index >= 15 is 0 Å². The fraction of sp³-hybridized carbons (Fsp3) is 0.318. The van der Waals surface area contributed by atoms with E-state index in [-0.39, 0.29) is 11.6 Å². The zero-order chi connectivity index (χ0) is 19.3. The van der Waals surface area contributed by atoms with Crippen LogP contribution in [0.5, 0.6) is 11.5 Å². The summed E-state index contributed by atoms with van der Waals surface area (Å²) in [5, 5.41) is 11.8. The quantitative estimate of drug-likeness (QED) is 0.678. The second-order valence-electron chi connectivity index (χ2n) is 7.38. The Morgan fingerprint density at radius 3 is 2.82 bits per heavy atom. The summed E-state index contributed by atoms with van der Waals surface area (Å²) in [5.41, 5.74) is 4.36.